The van der Waals surface area contributed by atoms with Crippen LogP contribution in [0.5, 0.6) is 0 Å². The molecule has 0 bridgehead atoms. The smallest absolute Gasteiger partial charge is 1.00 e. The Morgan fingerprint density at radius 3 is 1.13 bits per heavy atom. The molecule has 0 heterocycles. The minimum atomic E-state index is -1.08. The molecule has 0 aromatic carbocycles. The minimum absolute atomic E-state index is 0. The predicted octanol–water partition coefficient (Wildman–Crippen LogP) is -9.81. The summed E-state index contributed by atoms with van der Waals surface area (Å²) in [6, 6.07) is 0. The van der Waals surface area contributed by atoms with E-state index in [0.717, 1.165) is 0 Å². The van der Waals surface area contributed by atoms with Crippen LogP contribution in [0.25, 0.3) is 0 Å². The van der Waals surface area contributed by atoms with E-state index in [-0.39, 0.29) is 106 Å². The van der Waals surface area contributed by atoms with Gasteiger partial charge in [-0.25, -0.2) is 0 Å². The maximum absolute atomic E-state index is 9.64. The summed E-state index contributed by atoms with van der Waals surface area (Å²) in [6.07, 6.45) is -0.593. The van der Waals surface area contributed by atoms with Crippen molar-refractivity contribution in [2.24, 2.45) is 11.5 Å². The summed E-state index contributed by atoms with van der Waals surface area (Å²) in [5.41, 5.74) is 9.81. The molecular formula is C6H17N2Na3O4. The van der Waals surface area contributed by atoms with Crippen LogP contribution in [-0.2, 0) is 9.59 Å². The second kappa shape index (κ2) is 24.9. The summed E-state index contributed by atoms with van der Waals surface area (Å²) in [5, 5.41) is 15.8. The molecule has 78 valence electrons. The first kappa shape index (κ1) is 30.2. The summed E-state index contributed by atoms with van der Waals surface area (Å²) in [4.78, 5) is 19.3. The summed E-state index contributed by atoms with van der Waals surface area (Å²) < 4.78 is 0. The molecule has 0 aromatic rings. The van der Waals surface area contributed by atoms with E-state index in [9.17, 15) is 9.59 Å². The van der Waals surface area contributed by atoms with Crippen LogP contribution in [-0.4, -0.2) is 35.2 Å². The zero-order valence-corrected chi connectivity index (χ0v) is 15.7. The molecule has 0 aliphatic carbocycles. The van der Waals surface area contributed by atoms with Gasteiger partial charge in [-0.2, -0.15) is 0 Å². The van der Waals surface area contributed by atoms with Crippen LogP contribution in [0.4, 0.5) is 0 Å². The third kappa shape index (κ3) is 49.3. The van der Waals surface area contributed by atoms with Crippen LogP contribution in [0.3, 0.4) is 0 Å². The summed E-state index contributed by atoms with van der Waals surface area (Å²) in [6.45, 7) is 1.19. The fourth-order valence-electron chi connectivity index (χ4n) is 0.214. The van der Waals surface area contributed by atoms with Gasteiger partial charge in [-0.1, -0.05) is 0 Å². The van der Waals surface area contributed by atoms with E-state index in [4.69, 9.17) is 21.7 Å². The van der Waals surface area contributed by atoms with Crippen molar-refractivity contribution in [3.8, 4) is 0 Å². The molecule has 0 spiro atoms. The molecule has 0 aliphatic heterocycles. The summed E-state index contributed by atoms with van der Waals surface area (Å²) in [5.74, 6) is -2.15. The Hall–Kier alpha value is 1.86. The quantitative estimate of drug-likeness (QED) is 0.367. The molecule has 0 amide bonds. The Bertz CT molecular complexity index is 144. The zero-order valence-electron chi connectivity index (χ0n) is 12.7. The average molecular weight is 250 g/mol. The summed E-state index contributed by atoms with van der Waals surface area (Å²) >= 11 is 0. The van der Waals surface area contributed by atoms with Gasteiger partial charge in [-0.3, -0.25) is 9.59 Å². The molecule has 15 heavy (non-hydrogen) atoms. The number of hydrogen-bond donors (Lipinski definition) is 4. The number of carboxylic acid groups (broad SMARTS) is 2. The fourth-order valence-corrected chi connectivity index (χ4v) is 0.214. The molecule has 0 aromatic heterocycles. The number of aliphatic carboxylic acids is 2. The van der Waals surface area contributed by atoms with Gasteiger partial charge in [-0.05, 0) is 0 Å². The van der Waals surface area contributed by atoms with E-state index >= 15 is 0 Å². The Morgan fingerprint density at radius 2 is 1.07 bits per heavy atom. The van der Waals surface area contributed by atoms with E-state index in [1.54, 1.807) is 0 Å². The van der Waals surface area contributed by atoms with Gasteiger partial charge in [-0.15, -0.1) is 0 Å². The standard InChI is InChI=1S/C4H6O4.C2H8N2.3Na.3H/c5-3(6)1-2-4(7)8;3-1-2-4;;;;;;/h1-2H2,(H,5,6)(H,7,8);1-4H2;;;;;;/q;;3*+1;3*-1. The number of rotatable bonds is 4. The van der Waals surface area contributed by atoms with Crippen molar-refractivity contribution >= 4 is 11.9 Å². The van der Waals surface area contributed by atoms with Gasteiger partial charge in [0.15, 0.2) is 0 Å². The topological polar surface area (TPSA) is 127 Å². The molecule has 6 N–H and O–H groups in total. The Morgan fingerprint density at radius 1 is 0.867 bits per heavy atom. The maximum Gasteiger partial charge on any atom is 1.00 e. The van der Waals surface area contributed by atoms with Crippen molar-refractivity contribution in [3.63, 3.8) is 0 Å². The minimum Gasteiger partial charge on any atom is -1.00 e. The van der Waals surface area contributed by atoms with Gasteiger partial charge in [0.2, 0.25) is 0 Å². The first-order valence-corrected chi connectivity index (χ1v) is 3.38. The second-order valence-corrected chi connectivity index (χ2v) is 1.86. The van der Waals surface area contributed by atoms with E-state index in [0.29, 0.717) is 13.1 Å². The van der Waals surface area contributed by atoms with Gasteiger partial charge in [0.1, 0.15) is 0 Å². The first-order valence-electron chi connectivity index (χ1n) is 3.38. The van der Waals surface area contributed by atoms with Crippen LogP contribution in [0, 0.1) is 0 Å². The number of nitrogens with two attached hydrogens (primary N) is 2. The van der Waals surface area contributed by atoms with E-state index in [1.165, 1.54) is 0 Å². The van der Waals surface area contributed by atoms with Gasteiger partial charge in [0, 0.05) is 13.1 Å². The van der Waals surface area contributed by atoms with Crippen LogP contribution in [0.15, 0.2) is 0 Å². The van der Waals surface area contributed by atoms with Crippen molar-refractivity contribution in [2.45, 2.75) is 12.8 Å². The number of carboxylic acids is 2. The van der Waals surface area contributed by atoms with E-state index < -0.39 is 11.9 Å². The molecular weight excluding hydrogens is 233 g/mol. The van der Waals surface area contributed by atoms with Crippen LogP contribution < -0.4 is 100 Å². The predicted molar refractivity (Wildman–Crippen MR) is 46.0 cm³/mol. The van der Waals surface area contributed by atoms with Gasteiger partial charge in [0.25, 0.3) is 0 Å². The molecule has 0 unspecified atom stereocenters. The molecule has 0 atom stereocenters. The molecule has 0 saturated heterocycles. The molecule has 0 rings (SSSR count). The zero-order chi connectivity index (χ0) is 9.98. The molecule has 6 nitrogen and oxygen atoms in total. The largest absolute Gasteiger partial charge is 1.00 e. The monoisotopic (exact) mass is 250 g/mol. The van der Waals surface area contributed by atoms with Crippen LogP contribution in [0.2, 0.25) is 0 Å². The van der Waals surface area contributed by atoms with Gasteiger partial charge >= 0.3 is 101 Å². The maximum atomic E-state index is 9.64. The molecule has 0 radical (unpaired) electrons. The van der Waals surface area contributed by atoms with Crippen LogP contribution in [0.1, 0.15) is 17.1 Å². The average Bonchev–Trinajstić information content (AvgIpc) is 2.01. The Labute approximate surface area is 160 Å². The molecule has 0 saturated carbocycles. The normalized spacial score (nSPS) is 6.53. The number of hydrogen-bond acceptors (Lipinski definition) is 4. The van der Waals surface area contributed by atoms with Crippen molar-refractivity contribution in [3.05, 3.63) is 0 Å². The molecule has 9 heteroatoms. The van der Waals surface area contributed by atoms with Crippen LogP contribution >= 0.6 is 0 Å². The fraction of sp³-hybridized carbons (Fsp3) is 0.667. The summed E-state index contributed by atoms with van der Waals surface area (Å²) in [7, 11) is 0. The second-order valence-electron chi connectivity index (χ2n) is 1.86. The van der Waals surface area contributed by atoms with E-state index in [2.05, 4.69) is 0 Å². The van der Waals surface area contributed by atoms with Crippen molar-refractivity contribution in [1.29, 1.82) is 0 Å². The van der Waals surface area contributed by atoms with Crippen molar-refractivity contribution in [1.82, 2.24) is 0 Å². The number of carbonyl (C=O) groups is 2. The van der Waals surface area contributed by atoms with Crippen molar-refractivity contribution in [2.75, 3.05) is 13.1 Å². The van der Waals surface area contributed by atoms with Gasteiger partial charge in [0.05, 0.1) is 12.8 Å². The van der Waals surface area contributed by atoms with E-state index in [1.807, 2.05) is 0 Å². The van der Waals surface area contributed by atoms with Gasteiger partial charge < -0.3 is 26.0 Å². The Kier molecular flexibility index (Phi) is 50.0. The van der Waals surface area contributed by atoms with Crippen molar-refractivity contribution < 1.29 is 113 Å². The molecule has 0 aliphatic rings. The molecule has 0 fully saturated rings. The Balaban J connectivity index is -0.0000000152. The third-order valence-electron chi connectivity index (χ3n) is 0.719. The SMILES string of the molecule is NCCN.O=C(O)CCC(=O)O.[H-].[H-].[H-].[Na+].[Na+].[Na+]. The third-order valence-corrected chi connectivity index (χ3v) is 0.719. The first-order chi connectivity index (χ1) is 5.54.